The fourth-order valence-corrected chi connectivity index (χ4v) is 4.75. The summed E-state index contributed by atoms with van der Waals surface area (Å²) in [6.45, 7) is 3.36. The normalized spacial score (nSPS) is 16.0. The lowest BCUT2D eigenvalue weighted by Crippen LogP contribution is -2.48. The third-order valence-electron chi connectivity index (χ3n) is 5.63. The van der Waals surface area contributed by atoms with E-state index in [4.69, 9.17) is 9.72 Å². The van der Waals surface area contributed by atoms with Gasteiger partial charge in [0.25, 0.3) is 0 Å². The molecule has 1 aliphatic rings. The van der Waals surface area contributed by atoms with E-state index in [1.165, 1.54) is 11.8 Å². The highest BCUT2D eigenvalue weighted by Crippen LogP contribution is 2.29. The molecule has 4 N–H and O–H groups in total. The second-order valence-corrected chi connectivity index (χ2v) is 9.32. The van der Waals surface area contributed by atoms with Crippen LogP contribution in [0.15, 0.2) is 58.7 Å². The van der Waals surface area contributed by atoms with E-state index in [1.54, 1.807) is 11.6 Å². The summed E-state index contributed by atoms with van der Waals surface area (Å²) in [5, 5.41) is 20.4. The lowest BCUT2D eigenvalue weighted by atomic mass is 10.2. The van der Waals surface area contributed by atoms with Gasteiger partial charge in [-0.3, -0.25) is 10.5 Å². The van der Waals surface area contributed by atoms with Crippen LogP contribution in [0.2, 0.25) is 0 Å². The number of hydrogen-bond donors (Lipinski definition) is 4. The Labute approximate surface area is 206 Å². The monoisotopic (exact) mass is 493 g/mol. The van der Waals surface area contributed by atoms with Crippen LogP contribution in [0.1, 0.15) is 18.5 Å². The standard InChI is InChI=1S/C23H27N9O2S/c1-15-13-20(28-27-15)25-21-19-6-4-12-32(19)30-23(26-21)35-18-9-7-16(8-10-18)24-22(33)29-31-11-3-5-17(31)14-34-2/h4,6-10,12-13,17H,3,5,11,14H2,1-2H3,(H2,24,29,33)(H2,25,26,27,28,30). The Morgan fingerprint density at radius 1 is 1.29 bits per heavy atom. The number of H-pyrrole nitrogens is 1. The van der Waals surface area contributed by atoms with E-state index in [0.29, 0.717) is 29.1 Å². The Bertz CT molecular complexity index is 1300. The van der Waals surface area contributed by atoms with Crippen molar-refractivity contribution in [3.8, 4) is 0 Å². The molecule has 11 nitrogen and oxygen atoms in total. The van der Waals surface area contributed by atoms with E-state index in [0.717, 1.165) is 35.5 Å². The molecule has 12 heteroatoms. The number of nitrogens with zero attached hydrogens (tertiary/aromatic N) is 5. The molecule has 0 aliphatic carbocycles. The number of nitrogens with one attached hydrogen (secondary N) is 4. The minimum absolute atomic E-state index is 0.207. The minimum atomic E-state index is -0.265. The molecule has 0 saturated carbocycles. The van der Waals surface area contributed by atoms with Crippen molar-refractivity contribution < 1.29 is 9.53 Å². The summed E-state index contributed by atoms with van der Waals surface area (Å²) in [6, 6.07) is 13.3. The molecule has 182 valence electrons. The van der Waals surface area contributed by atoms with Gasteiger partial charge in [0.1, 0.15) is 5.52 Å². The average molecular weight is 494 g/mol. The van der Waals surface area contributed by atoms with Gasteiger partial charge in [-0.15, -0.1) is 5.10 Å². The number of hydrazine groups is 1. The van der Waals surface area contributed by atoms with Gasteiger partial charge in [0.05, 0.1) is 12.6 Å². The van der Waals surface area contributed by atoms with Crippen molar-refractivity contribution in [1.29, 1.82) is 0 Å². The maximum absolute atomic E-state index is 12.4. The molecule has 0 bridgehead atoms. The molecule has 0 spiro atoms. The molecular formula is C23H27N9O2S. The zero-order valence-corrected chi connectivity index (χ0v) is 20.3. The highest BCUT2D eigenvalue weighted by Gasteiger charge is 2.25. The molecule has 1 atom stereocenters. The largest absolute Gasteiger partial charge is 0.383 e. The Kier molecular flexibility index (Phi) is 6.84. The first-order valence-corrected chi connectivity index (χ1v) is 12.1. The molecule has 1 unspecified atom stereocenters. The first-order valence-electron chi connectivity index (χ1n) is 11.3. The average Bonchev–Trinajstić information content (AvgIpc) is 3.58. The molecule has 4 heterocycles. The van der Waals surface area contributed by atoms with E-state index in [2.05, 4.69) is 31.4 Å². The number of anilines is 3. The van der Waals surface area contributed by atoms with Gasteiger partial charge in [-0.2, -0.15) is 5.10 Å². The number of urea groups is 1. The molecule has 5 rings (SSSR count). The topological polar surface area (TPSA) is 124 Å². The minimum Gasteiger partial charge on any atom is -0.383 e. The van der Waals surface area contributed by atoms with E-state index in [1.807, 2.05) is 60.6 Å². The van der Waals surface area contributed by atoms with Crippen molar-refractivity contribution in [1.82, 2.24) is 35.2 Å². The van der Waals surface area contributed by atoms with E-state index in [-0.39, 0.29) is 12.1 Å². The number of amides is 2. The highest BCUT2D eigenvalue weighted by atomic mass is 32.2. The molecule has 4 aromatic rings. The van der Waals surface area contributed by atoms with E-state index >= 15 is 0 Å². The van der Waals surface area contributed by atoms with Crippen LogP contribution in [-0.4, -0.2) is 62.1 Å². The van der Waals surface area contributed by atoms with Gasteiger partial charge in [0, 0.05) is 42.2 Å². The Hall–Kier alpha value is -3.61. The number of aromatic amines is 1. The number of methoxy groups -OCH3 is 1. The summed E-state index contributed by atoms with van der Waals surface area (Å²) in [7, 11) is 1.68. The predicted molar refractivity (Wildman–Crippen MR) is 134 cm³/mol. The van der Waals surface area contributed by atoms with Gasteiger partial charge >= 0.3 is 6.03 Å². The molecule has 1 aliphatic heterocycles. The maximum atomic E-state index is 12.4. The van der Waals surface area contributed by atoms with Crippen LogP contribution >= 0.6 is 11.8 Å². The molecule has 1 fully saturated rings. The molecule has 2 amide bonds. The maximum Gasteiger partial charge on any atom is 0.333 e. The molecule has 0 radical (unpaired) electrons. The van der Waals surface area contributed by atoms with Crippen LogP contribution in [-0.2, 0) is 4.74 Å². The Morgan fingerprint density at radius 2 is 2.14 bits per heavy atom. The van der Waals surface area contributed by atoms with Gasteiger partial charge in [0.2, 0.25) is 5.16 Å². The van der Waals surface area contributed by atoms with Crippen molar-refractivity contribution in [3.05, 3.63) is 54.4 Å². The van der Waals surface area contributed by atoms with Crippen LogP contribution in [0.25, 0.3) is 5.52 Å². The van der Waals surface area contributed by atoms with Crippen LogP contribution in [0.5, 0.6) is 0 Å². The Balaban J connectivity index is 1.24. The number of ether oxygens (including phenoxy) is 1. The van der Waals surface area contributed by atoms with Crippen molar-refractivity contribution in [2.75, 3.05) is 30.9 Å². The summed E-state index contributed by atoms with van der Waals surface area (Å²) in [5.74, 6) is 1.36. The summed E-state index contributed by atoms with van der Waals surface area (Å²) in [5.41, 5.74) is 5.43. The fraction of sp³-hybridized carbons (Fsp3) is 0.304. The highest BCUT2D eigenvalue weighted by molar-refractivity contribution is 7.99. The number of fused-ring (bicyclic) bond motifs is 1. The molecule has 1 aromatic carbocycles. The zero-order valence-electron chi connectivity index (χ0n) is 19.5. The third-order valence-corrected chi connectivity index (χ3v) is 6.49. The SMILES string of the molecule is COCC1CCCN1NC(=O)Nc1ccc(Sc2nc(Nc3cc(C)[nH]n3)c3cccn3n2)cc1. The van der Waals surface area contributed by atoms with Gasteiger partial charge in [-0.1, -0.05) is 0 Å². The summed E-state index contributed by atoms with van der Waals surface area (Å²) >= 11 is 1.43. The van der Waals surface area contributed by atoms with Crippen molar-refractivity contribution >= 4 is 40.6 Å². The second kappa shape index (κ2) is 10.3. The number of benzene rings is 1. The van der Waals surface area contributed by atoms with Crippen LogP contribution < -0.4 is 16.1 Å². The predicted octanol–water partition coefficient (Wildman–Crippen LogP) is 3.80. The second-order valence-electron chi connectivity index (χ2n) is 8.28. The number of carbonyl (C=O) groups excluding carboxylic acids is 1. The molecule has 3 aromatic heterocycles. The molecule has 1 saturated heterocycles. The van der Waals surface area contributed by atoms with Crippen molar-refractivity contribution in [2.45, 2.75) is 35.9 Å². The smallest absolute Gasteiger partial charge is 0.333 e. The lowest BCUT2D eigenvalue weighted by molar-refractivity contribution is 0.0930. The van der Waals surface area contributed by atoms with E-state index in [9.17, 15) is 4.79 Å². The van der Waals surface area contributed by atoms with Crippen LogP contribution in [0.4, 0.5) is 22.1 Å². The fourth-order valence-electron chi connectivity index (χ4n) is 4.00. The number of rotatable bonds is 8. The summed E-state index contributed by atoms with van der Waals surface area (Å²) in [6.07, 6.45) is 3.93. The summed E-state index contributed by atoms with van der Waals surface area (Å²) in [4.78, 5) is 18.1. The Morgan fingerprint density at radius 3 is 2.91 bits per heavy atom. The number of carbonyl (C=O) groups is 1. The van der Waals surface area contributed by atoms with Crippen molar-refractivity contribution in [3.63, 3.8) is 0 Å². The number of aromatic nitrogens is 5. The number of hydrogen-bond acceptors (Lipinski definition) is 8. The zero-order chi connectivity index (χ0) is 24.2. The molecular weight excluding hydrogens is 466 g/mol. The third kappa shape index (κ3) is 5.56. The number of aryl methyl sites for hydroxylation is 1. The van der Waals surface area contributed by atoms with E-state index < -0.39 is 0 Å². The summed E-state index contributed by atoms with van der Waals surface area (Å²) < 4.78 is 7.02. The lowest BCUT2D eigenvalue weighted by Gasteiger charge is -2.24. The van der Waals surface area contributed by atoms with Crippen LogP contribution in [0, 0.1) is 6.92 Å². The van der Waals surface area contributed by atoms with Crippen LogP contribution in [0.3, 0.4) is 0 Å². The van der Waals surface area contributed by atoms with Gasteiger partial charge in [-0.25, -0.2) is 19.3 Å². The first-order chi connectivity index (χ1) is 17.1. The molecule has 35 heavy (non-hydrogen) atoms. The van der Waals surface area contributed by atoms with Gasteiger partial charge < -0.3 is 15.4 Å². The van der Waals surface area contributed by atoms with Gasteiger partial charge in [0.15, 0.2) is 11.6 Å². The first kappa shape index (κ1) is 23.1. The van der Waals surface area contributed by atoms with Gasteiger partial charge in [-0.05, 0) is 67.9 Å². The van der Waals surface area contributed by atoms with Crippen molar-refractivity contribution in [2.24, 2.45) is 0 Å². The quantitative estimate of drug-likeness (QED) is 0.292.